The lowest BCUT2D eigenvalue weighted by Gasteiger charge is -2.35. The van der Waals surface area contributed by atoms with Crippen LogP contribution < -0.4 is 5.73 Å². The van der Waals surface area contributed by atoms with Gasteiger partial charge in [0.05, 0.1) is 11.5 Å². The smallest absolute Gasteiger partial charge is 0.150 e. The molecular formula is C9H19NO2S. The van der Waals surface area contributed by atoms with E-state index in [1.807, 2.05) is 0 Å². The van der Waals surface area contributed by atoms with Crippen molar-refractivity contribution in [3.05, 3.63) is 0 Å². The van der Waals surface area contributed by atoms with Gasteiger partial charge in [-0.15, -0.1) is 0 Å². The average Bonchev–Trinajstić information content (AvgIpc) is 1.95. The summed E-state index contributed by atoms with van der Waals surface area (Å²) in [6, 6.07) is 0. The largest absolute Gasteiger partial charge is 0.330 e. The summed E-state index contributed by atoms with van der Waals surface area (Å²) in [5, 5.41) is 0. The molecule has 0 aromatic heterocycles. The molecule has 0 aromatic carbocycles. The number of rotatable bonds is 4. The summed E-state index contributed by atoms with van der Waals surface area (Å²) in [6.07, 6.45) is 0.956. The lowest BCUT2D eigenvalue weighted by molar-refractivity contribution is 0.262. The Hall–Kier alpha value is -0.0900. The molecule has 0 aromatic rings. The first-order valence-corrected chi connectivity index (χ1v) is 6.69. The number of hydrogen-bond acceptors (Lipinski definition) is 3. The van der Waals surface area contributed by atoms with Gasteiger partial charge in [0, 0.05) is 0 Å². The van der Waals surface area contributed by atoms with Gasteiger partial charge in [0.15, 0.2) is 9.84 Å². The van der Waals surface area contributed by atoms with E-state index in [-0.39, 0.29) is 0 Å². The topological polar surface area (TPSA) is 60.2 Å². The molecule has 1 saturated heterocycles. The highest BCUT2D eigenvalue weighted by molar-refractivity contribution is 7.92. The van der Waals surface area contributed by atoms with Gasteiger partial charge in [-0.05, 0) is 30.7 Å². The van der Waals surface area contributed by atoms with E-state index >= 15 is 0 Å². The molecule has 0 saturated carbocycles. The molecule has 0 amide bonds. The molecule has 0 radical (unpaired) electrons. The second-order valence-electron chi connectivity index (χ2n) is 4.32. The lowest BCUT2D eigenvalue weighted by Crippen LogP contribution is -2.43. The third kappa shape index (κ3) is 2.68. The van der Waals surface area contributed by atoms with Crippen LogP contribution in [0.3, 0.4) is 0 Å². The van der Waals surface area contributed by atoms with Crippen LogP contribution in [0.4, 0.5) is 0 Å². The summed E-state index contributed by atoms with van der Waals surface area (Å²) in [5.41, 5.74) is 5.50. The number of sulfone groups is 1. The molecule has 1 unspecified atom stereocenters. The Bertz CT molecular complexity index is 247. The van der Waals surface area contributed by atoms with Crippen molar-refractivity contribution < 1.29 is 8.42 Å². The Morgan fingerprint density at radius 2 is 1.92 bits per heavy atom. The van der Waals surface area contributed by atoms with Crippen molar-refractivity contribution in [1.82, 2.24) is 0 Å². The third-order valence-electron chi connectivity index (χ3n) is 2.90. The predicted octanol–water partition coefficient (Wildman–Crippen LogP) is 0.652. The van der Waals surface area contributed by atoms with Crippen molar-refractivity contribution in [3.8, 4) is 0 Å². The van der Waals surface area contributed by atoms with E-state index in [0.29, 0.717) is 35.8 Å². The maximum atomic E-state index is 11.0. The summed E-state index contributed by atoms with van der Waals surface area (Å²) in [6.45, 7) is 4.95. The van der Waals surface area contributed by atoms with Gasteiger partial charge in [-0.25, -0.2) is 8.42 Å². The van der Waals surface area contributed by atoms with E-state index in [1.54, 1.807) is 0 Å². The zero-order chi connectivity index (χ0) is 10.1. The molecule has 1 heterocycles. The van der Waals surface area contributed by atoms with Crippen LogP contribution in [0.5, 0.6) is 0 Å². The highest BCUT2D eigenvalue weighted by Gasteiger charge is 2.39. The van der Waals surface area contributed by atoms with Gasteiger partial charge in [0.1, 0.15) is 0 Å². The van der Waals surface area contributed by atoms with Crippen LogP contribution in [0.2, 0.25) is 0 Å². The van der Waals surface area contributed by atoms with Crippen molar-refractivity contribution >= 4 is 9.84 Å². The molecule has 78 valence electrons. The summed E-state index contributed by atoms with van der Waals surface area (Å²) >= 11 is 0. The summed E-state index contributed by atoms with van der Waals surface area (Å²) in [5.74, 6) is 2.18. The molecule has 1 rings (SSSR count). The third-order valence-corrected chi connectivity index (χ3v) is 4.77. The van der Waals surface area contributed by atoms with E-state index < -0.39 is 9.84 Å². The first kappa shape index (κ1) is 11.0. The molecule has 0 bridgehead atoms. The lowest BCUT2D eigenvalue weighted by atomic mass is 9.82. The summed E-state index contributed by atoms with van der Waals surface area (Å²) in [7, 11) is -2.67. The van der Waals surface area contributed by atoms with E-state index in [9.17, 15) is 8.42 Å². The van der Waals surface area contributed by atoms with E-state index in [0.717, 1.165) is 6.42 Å². The van der Waals surface area contributed by atoms with Gasteiger partial charge in [-0.2, -0.15) is 0 Å². The SMILES string of the molecule is CC(C)C(CCN)C1CS(=O)(=O)C1. The fourth-order valence-corrected chi connectivity index (χ4v) is 3.86. The van der Waals surface area contributed by atoms with Crippen LogP contribution in [0.1, 0.15) is 20.3 Å². The second kappa shape index (κ2) is 3.96. The van der Waals surface area contributed by atoms with Crippen molar-refractivity contribution in [2.45, 2.75) is 20.3 Å². The predicted molar refractivity (Wildman–Crippen MR) is 54.1 cm³/mol. The molecule has 1 atom stereocenters. The standard InChI is InChI=1S/C9H19NO2S/c1-7(2)9(3-4-10)8-5-13(11,12)6-8/h7-9H,3-6,10H2,1-2H3. The van der Waals surface area contributed by atoms with Crippen molar-refractivity contribution in [3.63, 3.8) is 0 Å². The monoisotopic (exact) mass is 205 g/mol. The normalized spacial score (nSPS) is 24.3. The highest BCUT2D eigenvalue weighted by Crippen LogP contribution is 2.32. The van der Waals surface area contributed by atoms with Crippen LogP contribution in [-0.2, 0) is 9.84 Å². The van der Waals surface area contributed by atoms with Gasteiger partial charge < -0.3 is 5.73 Å². The first-order valence-electron chi connectivity index (χ1n) is 4.87. The number of hydrogen-bond donors (Lipinski definition) is 1. The molecule has 0 spiro atoms. The van der Waals surface area contributed by atoms with Gasteiger partial charge in [0.25, 0.3) is 0 Å². The first-order chi connectivity index (χ1) is 5.96. The maximum absolute atomic E-state index is 11.0. The Labute approximate surface area is 80.6 Å². The van der Waals surface area contributed by atoms with Crippen LogP contribution in [0.25, 0.3) is 0 Å². The van der Waals surface area contributed by atoms with Gasteiger partial charge in [-0.1, -0.05) is 13.8 Å². The highest BCUT2D eigenvalue weighted by atomic mass is 32.2. The van der Waals surface area contributed by atoms with E-state index in [4.69, 9.17) is 5.73 Å². The minimum atomic E-state index is -2.67. The van der Waals surface area contributed by atoms with Crippen LogP contribution in [0.15, 0.2) is 0 Å². The molecule has 1 aliphatic heterocycles. The van der Waals surface area contributed by atoms with E-state index in [2.05, 4.69) is 13.8 Å². The molecule has 2 N–H and O–H groups in total. The molecule has 3 nitrogen and oxygen atoms in total. The molecule has 1 aliphatic rings. The molecule has 1 fully saturated rings. The molecular weight excluding hydrogens is 186 g/mol. The minimum absolute atomic E-state index is 0.369. The van der Waals surface area contributed by atoms with Crippen LogP contribution >= 0.6 is 0 Å². The molecule has 0 aliphatic carbocycles. The zero-order valence-corrected chi connectivity index (χ0v) is 9.18. The zero-order valence-electron chi connectivity index (χ0n) is 8.36. The minimum Gasteiger partial charge on any atom is -0.330 e. The Kier molecular flexibility index (Phi) is 3.35. The summed E-state index contributed by atoms with van der Waals surface area (Å²) < 4.78 is 22.0. The van der Waals surface area contributed by atoms with E-state index in [1.165, 1.54) is 0 Å². The Morgan fingerprint density at radius 1 is 1.38 bits per heavy atom. The number of nitrogens with two attached hydrogens (primary N) is 1. The second-order valence-corrected chi connectivity index (χ2v) is 6.48. The fourth-order valence-electron chi connectivity index (χ4n) is 2.16. The van der Waals surface area contributed by atoms with Crippen molar-refractivity contribution in [2.24, 2.45) is 23.5 Å². The molecule has 13 heavy (non-hydrogen) atoms. The quantitative estimate of drug-likeness (QED) is 0.733. The summed E-state index contributed by atoms with van der Waals surface area (Å²) in [4.78, 5) is 0. The van der Waals surface area contributed by atoms with Crippen molar-refractivity contribution in [1.29, 1.82) is 0 Å². The molecule has 4 heteroatoms. The average molecular weight is 205 g/mol. The Balaban J connectivity index is 2.49. The fraction of sp³-hybridized carbons (Fsp3) is 1.00. The van der Waals surface area contributed by atoms with Crippen LogP contribution in [-0.4, -0.2) is 26.5 Å². The van der Waals surface area contributed by atoms with Crippen LogP contribution in [0, 0.1) is 17.8 Å². The maximum Gasteiger partial charge on any atom is 0.150 e. The van der Waals surface area contributed by atoms with Gasteiger partial charge in [-0.3, -0.25) is 0 Å². The Morgan fingerprint density at radius 3 is 2.23 bits per heavy atom. The van der Waals surface area contributed by atoms with Gasteiger partial charge in [0.2, 0.25) is 0 Å². The van der Waals surface area contributed by atoms with Gasteiger partial charge >= 0.3 is 0 Å². The van der Waals surface area contributed by atoms with Crippen molar-refractivity contribution in [2.75, 3.05) is 18.1 Å².